The first-order chi connectivity index (χ1) is 16.4. The fourth-order valence-electron chi connectivity index (χ4n) is 5.12. The molecule has 0 radical (unpaired) electrons. The van der Waals surface area contributed by atoms with Crippen molar-refractivity contribution in [2.45, 2.75) is 31.7 Å². The number of hydrogen-bond acceptors (Lipinski definition) is 2. The van der Waals surface area contributed by atoms with Crippen LogP contribution in [0.15, 0.2) is 72.8 Å². The van der Waals surface area contributed by atoms with Crippen LogP contribution in [0.3, 0.4) is 0 Å². The normalized spacial score (nSPS) is 20.0. The molecule has 5 rings (SSSR count). The summed E-state index contributed by atoms with van der Waals surface area (Å²) in [6, 6.07) is 21.1. The smallest absolute Gasteiger partial charge is 0.309 e. The van der Waals surface area contributed by atoms with Crippen molar-refractivity contribution in [1.29, 1.82) is 0 Å². The van der Waals surface area contributed by atoms with Crippen molar-refractivity contribution in [3.63, 3.8) is 0 Å². The molecule has 0 bridgehead atoms. The molecular formula is C28H24Cl2N2O2. The number of benzene rings is 3. The van der Waals surface area contributed by atoms with Gasteiger partial charge in [0.2, 0.25) is 0 Å². The quantitative estimate of drug-likeness (QED) is 0.353. The molecule has 172 valence electrons. The van der Waals surface area contributed by atoms with Gasteiger partial charge in [-0.3, -0.25) is 4.79 Å². The lowest BCUT2D eigenvalue weighted by molar-refractivity contribution is -0.123. The Kier molecular flexibility index (Phi) is 5.97. The second-order valence-corrected chi connectivity index (χ2v) is 9.71. The highest BCUT2D eigenvalue weighted by Gasteiger charge is 2.59. The maximum atomic E-state index is 13.7. The van der Waals surface area contributed by atoms with Gasteiger partial charge in [0.05, 0.1) is 5.69 Å². The van der Waals surface area contributed by atoms with Crippen LogP contribution in [0.25, 0.3) is 17.2 Å². The lowest BCUT2D eigenvalue weighted by Crippen LogP contribution is -2.47. The Bertz CT molecular complexity index is 1280. The van der Waals surface area contributed by atoms with Crippen molar-refractivity contribution < 1.29 is 9.59 Å². The number of carbonyl (C=O) groups excluding carboxylic acids is 2. The number of allylic oxidation sites excluding steroid dienone is 1. The maximum Gasteiger partial charge on any atom is 0.332 e. The Morgan fingerprint density at radius 2 is 1.68 bits per heavy atom. The van der Waals surface area contributed by atoms with E-state index in [4.69, 9.17) is 23.2 Å². The minimum absolute atomic E-state index is 0.212. The number of nitrogens with zero attached hydrogens (tertiary/aromatic N) is 2. The Hall–Kier alpha value is -3.08. The summed E-state index contributed by atoms with van der Waals surface area (Å²) in [5.41, 5.74) is 3.96. The average Bonchev–Trinajstić information content (AvgIpc) is 3.31. The Balaban J connectivity index is 1.44. The third-order valence-electron chi connectivity index (χ3n) is 6.65. The number of anilines is 1. The van der Waals surface area contributed by atoms with E-state index in [0.29, 0.717) is 35.1 Å². The van der Waals surface area contributed by atoms with Crippen molar-refractivity contribution in [2.75, 3.05) is 11.4 Å². The summed E-state index contributed by atoms with van der Waals surface area (Å²) >= 11 is 12.3. The predicted molar refractivity (Wildman–Crippen MR) is 138 cm³/mol. The molecule has 1 atom stereocenters. The fraction of sp³-hybridized carbons (Fsp3) is 0.214. The van der Waals surface area contributed by atoms with Crippen LogP contribution in [0, 0.1) is 0 Å². The summed E-state index contributed by atoms with van der Waals surface area (Å²) in [6.07, 6.45) is 6.01. The van der Waals surface area contributed by atoms with Gasteiger partial charge in [-0.1, -0.05) is 77.8 Å². The third kappa shape index (κ3) is 3.91. The van der Waals surface area contributed by atoms with E-state index in [2.05, 4.69) is 48.5 Å². The molecule has 0 aliphatic carbocycles. The van der Waals surface area contributed by atoms with Gasteiger partial charge in [-0.25, -0.2) is 9.69 Å². The van der Waals surface area contributed by atoms with Crippen LogP contribution in [0.4, 0.5) is 10.5 Å². The molecule has 6 heteroatoms. The van der Waals surface area contributed by atoms with Crippen LogP contribution >= 0.6 is 23.2 Å². The Morgan fingerprint density at radius 1 is 0.941 bits per heavy atom. The van der Waals surface area contributed by atoms with Gasteiger partial charge in [0.1, 0.15) is 5.54 Å². The molecule has 4 nitrogen and oxygen atoms in total. The molecule has 2 fully saturated rings. The zero-order chi connectivity index (χ0) is 23.9. The van der Waals surface area contributed by atoms with Gasteiger partial charge < -0.3 is 4.90 Å². The SMILES string of the molecule is C/C=C/c1cccc(-c2ccc(CC34CCCN3C(=O)N(c3cc(Cl)cc(Cl)c3)C4=O)cc2)c1. The number of imide groups is 1. The number of urea groups is 1. The van der Waals surface area contributed by atoms with E-state index in [0.717, 1.165) is 28.7 Å². The van der Waals surface area contributed by atoms with E-state index < -0.39 is 5.54 Å². The van der Waals surface area contributed by atoms with Crippen molar-refractivity contribution >= 4 is 46.9 Å². The molecule has 0 saturated carbocycles. The minimum Gasteiger partial charge on any atom is -0.309 e. The summed E-state index contributed by atoms with van der Waals surface area (Å²) in [5.74, 6) is -0.212. The van der Waals surface area contributed by atoms with E-state index in [-0.39, 0.29) is 11.9 Å². The number of amides is 3. The van der Waals surface area contributed by atoms with Crippen LogP contribution in [0.1, 0.15) is 30.9 Å². The van der Waals surface area contributed by atoms with Gasteiger partial charge in [0, 0.05) is 23.0 Å². The molecular weight excluding hydrogens is 467 g/mol. The van der Waals surface area contributed by atoms with Gasteiger partial charge in [-0.05, 0) is 66.3 Å². The average molecular weight is 491 g/mol. The summed E-state index contributed by atoms with van der Waals surface area (Å²) < 4.78 is 0. The fourth-order valence-corrected chi connectivity index (χ4v) is 5.63. The van der Waals surface area contributed by atoms with Crippen molar-refractivity contribution in [3.8, 4) is 11.1 Å². The van der Waals surface area contributed by atoms with Crippen molar-refractivity contribution in [3.05, 3.63) is 94.0 Å². The van der Waals surface area contributed by atoms with Crippen molar-refractivity contribution in [1.82, 2.24) is 4.90 Å². The first-order valence-corrected chi connectivity index (χ1v) is 12.1. The van der Waals surface area contributed by atoms with Crippen LogP contribution in [0.2, 0.25) is 10.0 Å². The summed E-state index contributed by atoms with van der Waals surface area (Å²) in [7, 11) is 0. The highest BCUT2D eigenvalue weighted by atomic mass is 35.5. The van der Waals surface area contributed by atoms with Gasteiger partial charge in [-0.2, -0.15) is 0 Å². The lowest BCUT2D eigenvalue weighted by atomic mass is 9.87. The third-order valence-corrected chi connectivity index (χ3v) is 7.08. The molecule has 0 N–H and O–H groups in total. The number of rotatable bonds is 5. The molecule has 0 aromatic heterocycles. The van der Waals surface area contributed by atoms with E-state index in [1.54, 1.807) is 23.1 Å². The van der Waals surface area contributed by atoms with Crippen LogP contribution in [0.5, 0.6) is 0 Å². The standard InChI is InChI=1S/C28H24Cl2N2O2/c1-2-5-19-6-3-7-22(14-19)21-10-8-20(9-11-21)18-28-12-4-13-31(28)27(34)32(26(28)33)25-16-23(29)15-24(30)17-25/h2-3,5-11,14-17H,4,12-13,18H2,1H3/b5-2+. The lowest BCUT2D eigenvalue weighted by Gasteiger charge is -2.28. The number of halogens is 2. The molecule has 3 aromatic carbocycles. The molecule has 3 amide bonds. The molecule has 2 heterocycles. The highest BCUT2D eigenvalue weighted by molar-refractivity contribution is 6.35. The second-order valence-electron chi connectivity index (χ2n) is 8.84. The van der Waals surface area contributed by atoms with E-state index >= 15 is 0 Å². The molecule has 3 aromatic rings. The molecule has 2 aliphatic rings. The first-order valence-electron chi connectivity index (χ1n) is 11.4. The Morgan fingerprint density at radius 3 is 2.38 bits per heavy atom. The monoisotopic (exact) mass is 490 g/mol. The van der Waals surface area contributed by atoms with Crippen LogP contribution in [-0.4, -0.2) is 28.9 Å². The molecule has 34 heavy (non-hydrogen) atoms. The van der Waals surface area contributed by atoms with Crippen LogP contribution < -0.4 is 4.90 Å². The van der Waals surface area contributed by atoms with Gasteiger partial charge in [-0.15, -0.1) is 0 Å². The van der Waals surface area contributed by atoms with E-state index in [1.807, 2.05) is 19.1 Å². The summed E-state index contributed by atoms with van der Waals surface area (Å²) in [6.45, 7) is 2.57. The van der Waals surface area contributed by atoms with Gasteiger partial charge in [0.25, 0.3) is 5.91 Å². The van der Waals surface area contributed by atoms with Crippen LogP contribution in [-0.2, 0) is 11.2 Å². The van der Waals surface area contributed by atoms with E-state index in [1.165, 1.54) is 4.90 Å². The molecule has 0 spiro atoms. The molecule has 2 saturated heterocycles. The van der Waals surface area contributed by atoms with Gasteiger partial charge >= 0.3 is 6.03 Å². The maximum absolute atomic E-state index is 13.7. The first kappa shape index (κ1) is 22.7. The second kappa shape index (κ2) is 8.94. The largest absolute Gasteiger partial charge is 0.332 e. The van der Waals surface area contributed by atoms with Crippen molar-refractivity contribution in [2.24, 2.45) is 0 Å². The summed E-state index contributed by atoms with van der Waals surface area (Å²) in [5, 5.41) is 0.775. The molecule has 2 aliphatic heterocycles. The zero-order valence-electron chi connectivity index (χ0n) is 18.8. The topological polar surface area (TPSA) is 40.6 Å². The minimum atomic E-state index is -0.876. The van der Waals surface area contributed by atoms with Gasteiger partial charge in [0.15, 0.2) is 0 Å². The molecule has 1 unspecified atom stereocenters. The number of carbonyl (C=O) groups is 2. The summed E-state index contributed by atoms with van der Waals surface area (Å²) in [4.78, 5) is 29.9. The predicted octanol–water partition coefficient (Wildman–Crippen LogP) is 7.24. The highest BCUT2D eigenvalue weighted by Crippen LogP contribution is 2.43. The zero-order valence-corrected chi connectivity index (χ0v) is 20.3. The number of fused-ring (bicyclic) bond motifs is 1. The van der Waals surface area contributed by atoms with E-state index in [9.17, 15) is 9.59 Å². The Labute approximate surface area is 209 Å². The number of hydrogen-bond donors (Lipinski definition) is 0.